The first kappa shape index (κ1) is 12.5. The summed E-state index contributed by atoms with van der Waals surface area (Å²) in [6.07, 6.45) is 0.224. The second kappa shape index (κ2) is 5.53. The van der Waals surface area contributed by atoms with Gasteiger partial charge in [-0.1, -0.05) is 29.8 Å². The monoisotopic (exact) mass is 236 g/mol. The van der Waals surface area contributed by atoms with Crippen LogP contribution in [0.3, 0.4) is 0 Å². The first-order chi connectivity index (χ1) is 7.56. The standard InChI is InChI=1S/C12H13ClN2O/c1-9(8-14)15(2)12(16)7-10-5-3-4-6-11(10)13/h3-6,9H,7H2,1-2H3. The molecule has 84 valence electrons. The van der Waals surface area contributed by atoms with Gasteiger partial charge >= 0.3 is 0 Å². The van der Waals surface area contributed by atoms with Crippen LogP contribution in [0.1, 0.15) is 12.5 Å². The van der Waals surface area contributed by atoms with Crippen molar-refractivity contribution in [2.24, 2.45) is 0 Å². The average Bonchev–Trinajstić information content (AvgIpc) is 2.30. The Morgan fingerprint density at radius 3 is 2.75 bits per heavy atom. The summed E-state index contributed by atoms with van der Waals surface area (Å²) < 4.78 is 0. The van der Waals surface area contributed by atoms with Gasteiger partial charge in [-0.3, -0.25) is 4.79 Å². The fraction of sp³-hybridized carbons (Fsp3) is 0.333. The van der Waals surface area contributed by atoms with Gasteiger partial charge in [-0.15, -0.1) is 0 Å². The molecule has 0 heterocycles. The van der Waals surface area contributed by atoms with E-state index in [4.69, 9.17) is 16.9 Å². The first-order valence-corrected chi connectivity index (χ1v) is 5.32. The maximum Gasteiger partial charge on any atom is 0.227 e. The summed E-state index contributed by atoms with van der Waals surface area (Å²) in [6, 6.07) is 8.81. The molecule has 1 aromatic carbocycles. The van der Waals surface area contributed by atoms with Crippen LogP contribution in [0.2, 0.25) is 5.02 Å². The van der Waals surface area contributed by atoms with Gasteiger partial charge in [0.05, 0.1) is 12.5 Å². The lowest BCUT2D eigenvalue weighted by molar-refractivity contribution is -0.130. The molecule has 1 aromatic rings. The number of nitriles is 1. The number of hydrogen-bond acceptors (Lipinski definition) is 2. The van der Waals surface area contributed by atoms with Crippen LogP contribution >= 0.6 is 11.6 Å². The fourth-order valence-electron chi connectivity index (χ4n) is 1.23. The second-order valence-electron chi connectivity index (χ2n) is 3.58. The van der Waals surface area contributed by atoms with Crippen molar-refractivity contribution in [2.45, 2.75) is 19.4 Å². The molecule has 0 N–H and O–H groups in total. The van der Waals surface area contributed by atoms with Gasteiger partial charge in [0.2, 0.25) is 5.91 Å². The van der Waals surface area contributed by atoms with E-state index in [1.54, 1.807) is 20.0 Å². The minimum absolute atomic E-state index is 0.109. The summed E-state index contributed by atoms with van der Waals surface area (Å²) in [6.45, 7) is 1.69. The van der Waals surface area contributed by atoms with E-state index in [-0.39, 0.29) is 12.3 Å². The summed E-state index contributed by atoms with van der Waals surface area (Å²) in [7, 11) is 1.62. The molecule has 0 aliphatic heterocycles. The maximum atomic E-state index is 11.8. The Kier molecular flexibility index (Phi) is 4.33. The van der Waals surface area contributed by atoms with Gasteiger partial charge in [-0.25, -0.2) is 0 Å². The third-order valence-electron chi connectivity index (χ3n) is 2.46. The van der Waals surface area contributed by atoms with Crippen LogP contribution in [-0.4, -0.2) is 23.9 Å². The van der Waals surface area contributed by atoms with Crippen molar-refractivity contribution in [1.29, 1.82) is 5.26 Å². The molecule has 16 heavy (non-hydrogen) atoms. The van der Waals surface area contributed by atoms with E-state index in [9.17, 15) is 4.79 Å². The van der Waals surface area contributed by atoms with Gasteiger partial charge in [0.25, 0.3) is 0 Å². The van der Waals surface area contributed by atoms with E-state index >= 15 is 0 Å². The zero-order chi connectivity index (χ0) is 12.1. The van der Waals surface area contributed by atoms with E-state index in [1.807, 2.05) is 24.3 Å². The van der Waals surface area contributed by atoms with E-state index in [2.05, 4.69) is 0 Å². The van der Waals surface area contributed by atoms with Gasteiger partial charge in [-0.2, -0.15) is 5.26 Å². The number of nitrogens with zero attached hydrogens (tertiary/aromatic N) is 2. The molecule has 0 bridgehead atoms. The van der Waals surface area contributed by atoms with Crippen molar-refractivity contribution in [1.82, 2.24) is 4.90 Å². The normalized spacial score (nSPS) is 11.6. The molecule has 0 radical (unpaired) electrons. The molecule has 1 rings (SSSR count). The Balaban J connectivity index is 2.73. The van der Waals surface area contributed by atoms with E-state index in [0.29, 0.717) is 5.02 Å². The molecule has 0 saturated carbocycles. The lowest BCUT2D eigenvalue weighted by Gasteiger charge is -2.19. The van der Waals surface area contributed by atoms with Crippen molar-refractivity contribution in [2.75, 3.05) is 7.05 Å². The minimum atomic E-state index is -0.421. The van der Waals surface area contributed by atoms with Gasteiger partial charge in [0.1, 0.15) is 6.04 Å². The Hall–Kier alpha value is -1.53. The zero-order valence-corrected chi connectivity index (χ0v) is 10.0. The van der Waals surface area contributed by atoms with Crippen molar-refractivity contribution >= 4 is 17.5 Å². The molecule has 0 aliphatic carbocycles. The Bertz CT molecular complexity index is 425. The maximum absolute atomic E-state index is 11.8. The third kappa shape index (κ3) is 2.98. The molecule has 0 aromatic heterocycles. The molecular formula is C12H13ClN2O. The molecule has 0 spiro atoms. The van der Waals surface area contributed by atoms with Gasteiger partial charge < -0.3 is 4.90 Å². The predicted octanol–water partition coefficient (Wildman–Crippen LogP) is 2.25. The number of amides is 1. The largest absolute Gasteiger partial charge is 0.330 e. The molecule has 1 atom stereocenters. The highest BCUT2D eigenvalue weighted by Gasteiger charge is 2.16. The van der Waals surface area contributed by atoms with E-state index in [1.165, 1.54) is 4.90 Å². The number of carbonyl (C=O) groups excluding carboxylic acids is 1. The van der Waals surface area contributed by atoms with Crippen LogP contribution in [0.25, 0.3) is 0 Å². The minimum Gasteiger partial charge on any atom is -0.330 e. The molecule has 0 fully saturated rings. The zero-order valence-electron chi connectivity index (χ0n) is 9.27. The molecule has 4 heteroatoms. The van der Waals surface area contributed by atoms with Crippen LogP contribution in [0.4, 0.5) is 0 Å². The van der Waals surface area contributed by atoms with Crippen molar-refractivity contribution in [3.8, 4) is 6.07 Å². The van der Waals surface area contributed by atoms with Gasteiger partial charge in [0, 0.05) is 12.1 Å². The summed E-state index contributed by atoms with van der Waals surface area (Å²) in [5, 5.41) is 9.28. The molecule has 1 amide bonds. The fourth-order valence-corrected chi connectivity index (χ4v) is 1.43. The highest BCUT2D eigenvalue weighted by atomic mass is 35.5. The predicted molar refractivity (Wildman–Crippen MR) is 63.0 cm³/mol. The molecule has 3 nitrogen and oxygen atoms in total. The second-order valence-corrected chi connectivity index (χ2v) is 3.99. The Morgan fingerprint density at radius 2 is 2.19 bits per heavy atom. The number of halogens is 1. The number of benzene rings is 1. The topological polar surface area (TPSA) is 44.1 Å². The summed E-state index contributed by atoms with van der Waals surface area (Å²) in [4.78, 5) is 13.2. The number of hydrogen-bond donors (Lipinski definition) is 0. The number of carbonyl (C=O) groups is 1. The van der Waals surface area contributed by atoms with Crippen molar-refractivity contribution in [3.05, 3.63) is 34.9 Å². The van der Waals surface area contributed by atoms with Crippen LogP contribution in [0.15, 0.2) is 24.3 Å². The van der Waals surface area contributed by atoms with Crippen LogP contribution in [0.5, 0.6) is 0 Å². The SMILES string of the molecule is CC(C#N)N(C)C(=O)Cc1ccccc1Cl. The van der Waals surface area contributed by atoms with Crippen LogP contribution in [0, 0.1) is 11.3 Å². The first-order valence-electron chi connectivity index (χ1n) is 4.95. The Morgan fingerprint density at radius 1 is 1.56 bits per heavy atom. The van der Waals surface area contributed by atoms with E-state index < -0.39 is 6.04 Å². The molecular weight excluding hydrogens is 224 g/mol. The van der Waals surface area contributed by atoms with Crippen LogP contribution in [-0.2, 0) is 11.2 Å². The Labute approximate surface area is 100 Å². The van der Waals surface area contributed by atoms with Crippen molar-refractivity contribution in [3.63, 3.8) is 0 Å². The smallest absolute Gasteiger partial charge is 0.227 e. The highest BCUT2D eigenvalue weighted by molar-refractivity contribution is 6.31. The number of likely N-dealkylation sites (N-methyl/N-ethyl adjacent to an activating group) is 1. The third-order valence-corrected chi connectivity index (χ3v) is 2.83. The lowest BCUT2D eigenvalue weighted by atomic mass is 10.1. The highest BCUT2D eigenvalue weighted by Crippen LogP contribution is 2.16. The van der Waals surface area contributed by atoms with E-state index in [0.717, 1.165) is 5.56 Å². The van der Waals surface area contributed by atoms with Crippen molar-refractivity contribution < 1.29 is 4.79 Å². The summed E-state index contributed by atoms with van der Waals surface area (Å²) in [5.74, 6) is -0.109. The molecule has 0 aliphatic rings. The van der Waals surface area contributed by atoms with Gasteiger partial charge in [-0.05, 0) is 18.6 Å². The lowest BCUT2D eigenvalue weighted by Crippen LogP contribution is -2.35. The summed E-state index contributed by atoms with van der Waals surface area (Å²) in [5.41, 5.74) is 0.783. The molecule has 0 saturated heterocycles. The number of rotatable bonds is 3. The summed E-state index contributed by atoms with van der Waals surface area (Å²) >= 11 is 5.95. The molecule has 1 unspecified atom stereocenters. The van der Waals surface area contributed by atoms with Crippen LogP contribution < -0.4 is 0 Å². The average molecular weight is 237 g/mol. The van der Waals surface area contributed by atoms with Gasteiger partial charge in [0.15, 0.2) is 0 Å². The quantitative estimate of drug-likeness (QED) is 0.808.